The summed E-state index contributed by atoms with van der Waals surface area (Å²) >= 11 is 1.19. The summed E-state index contributed by atoms with van der Waals surface area (Å²) < 4.78 is 34.8. The second kappa shape index (κ2) is 10.9. The molecule has 1 amide bonds. The summed E-state index contributed by atoms with van der Waals surface area (Å²) in [4.78, 5) is 36.2. The minimum absolute atomic E-state index is 0.0433. The van der Waals surface area contributed by atoms with E-state index in [2.05, 4.69) is 5.32 Å². The van der Waals surface area contributed by atoms with Crippen LogP contribution < -0.4 is 10.1 Å². The first kappa shape index (κ1) is 24.8. The van der Waals surface area contributed by atoms with Gasteiger partial charge in [0.1, 0.15) is 17.4 Å². The number of benzene rings is 2. The summed E-state index contributed by atoms with van der Waals surface area (Å²) in [6, 6.07) is 10.3. The van der Waals surface area contributed by atoms with Gasteiger partial charge in [-0.3, -0.25) is 14.4 Å². The second-order valence-corrected chi connectivity index (χ2v) is 9.70. The lowest BCUT2D eigenvalue weighted by Crippen LogP contribution is -2.27. The van der Waals surface area contributed by atoms with E-state index in [0.717, 1.165) is 0 Å². The zero-order valence-electron chi connectivity index (χ0n) is 18.9. The van der Waals surface area contributed by atoms with Gasteiger partial charge in [0.25, 0.3) is 5.91 Å². The molecular weight excluding hydrogens is 476 g/mol. The standard InChI is InChI=1S/C26H25F2NO5S/c27-20-3-1-5-23-19(20)14-24(35-23)25(31)29-12-2-4-22(30)18-11-10-17(13-21(18)28)34-16-8-6-15(7-9-16)26(32)33/h1,3,5,10-11,13-16H,2,4,6-9,12H2,(H,29,31)(H,32,33). The molecule has 2 aromatic carbocycles. The van der Waals surface area contributed by atoms with Crippen molar-refractivity contribution in [1.29, 1.82) is 0 Å². The maximum absolute atomic E-state index is 14.5. The number of aliphatic carboxylic acids is 1. The van der Waals surface area contributed by atoms with Crippen LogP contribution in [0.15, 0.2) is 42.5 Å². The molecule has 1 aliphatic rings. The van der Waals surface area contributed by atoms with Crippen molar-refractivity contribution in [2.24, 2.45) is 5.92 Å². The highest BCUT2D eigenvalue weighted by atomic mass is 32.1. The third-order valence-electron chi connectivity index (χ3n) is 6.17. The summed E-state index contributed by atoms with van der Waals surface area (Å²) in [5, 5.41) is 12.2. The summed E-state index contributed by atoms with van der Waals surface area (Å²) in [6.07, 6.45) is 2.42. The molecule has 184 valence electrons. The molecule has 0 aliphatic heterocycles. The van der Waals surface area contributed by atoms with Crippen molar-refractivity contribution in [3.63, 3.8) is 0 Å². The van der Waals surface area contributed by atoms with Crippen LogP contribution in [0.1, 0.15) is 58.6 Å². The van der Waals surface area contributed by atoms with Gasteiger partial charge in [0, 0.05) is 29.1 Å². The number of nitrogens with one attached hydrogen (secondary N) is 1. The quantitative estimate of drug-likeness (QED) is 0.294. The summed E-state index contributed by atoms with van der Waals surface area (Å²) in [5.41, 5.74) is -0.0433. The number of fused-ring (bicyclic) bond motifs is 1. The van der Waals surface area contributed by atoms with Crippen molar-refractivity contribution >= 4 is 39.1 Å². The van der Waals surface area contributed by atoms with Crippen LogP contribution in [0, 0.1) is 17.6 Å². The molecular formula is C26H25F2NO5S. The third kappa shape index (κ3) is 6.03. The minimum Gasteiger partial charge on any atom is -0.490 e. The molecule has 1 aromatic heterocycles. The number of carboxylic acids is 1. The van der Waals surface area contributed by atoms with Crippen LogP contribution in [0.4, 0.5) is 8.78 Å². The van der Waals surface area contributed by atoms with Gasteiger partial charge in [0.2, 0.25) is 0 Å². The number of thiophene rings is 1. The van der Waals surface area contributed by atoms with Crippen LogP contribution in [0.2, 0.25) is 0 Å². The fraction of sp³-hybridized carbons (Fsp3) is 0.346. The number of ketones is 1. The van der Waals surface area contributed by atoms with Gasteiger partial charge in [-0.25, -0.2) is 8.78 Å². The monoisotopic (exact) mass is 501 g/mol. The molecule has 1 saturated carbocycles. The minimum atomic E-state index is -0.799. The molecule has 0 atom stereocenters. The van der Waals surface area contributed by atoms with Crippen molar-refractivity contribution < 1.29 is 33.0 Å². The van der Waals surface area contributed by atoms with Crippen molar-refractivity contribution in [3.05, 3.63) is 64.5 Å². The predicted octanol–water partition coefficient (Wildman–Crippen LogP) is 5.59. The van der Waals surface area contributed by atoms with Crippen LogP contribution >= 0.6 is 11.3 Å². The SMILES string of the molecule is O=C(NCCCC(=O)c1ccc(OC2CCC(C(=O)O)CC2)cc1F)c1cc2c(F)cccc2s1. The number of Topliss-reactive ketones (excluding diaryl/α,β-unsaturated/α-hetero) is 1. The Hall–Kier alpha value is -3.33. The van der Waals surface area contributed by atoms with Gasteiger partial charge in [-0.05, 0) is 62.4 Å². The molecule has 0 radical (unpaired) electrons. The Kier molecular flexibility index (Phi) is 7.75. The van der Waals surface area contributed by atoms with Crippen molar-refractivity contribution in [3.8, 4) is 5.75 Å². The second-order valence-electron chi connectivity index (χ2n) is 8.62. The number of carboxylic acid groups (broad SMARTS) is 1. The molecule has 1 heterocycles. The van der Waals surface area contributed by atoms with E-state index in [0.29, 0.717) is 52.8 Å². The van der Waals surface area contributed by atoms with E-state index in [1.807, 2.05) is 0 Å². The largest absolute Gasteiger partial charge is 0.490 e. The normalized spacial score (nSPS) is 17.8. The van der Waals surface area contributed by atoms with Gasteiger partial charge >= 0.3 is 5.97 Å². The van der Waals surface area contributed by atoms with Gasteiger partial charge in [0.05, 0.1) is 22.5 Å². The number of halogens is 2. The molecule has 1 aliphatic carbocycles. The van der Waals surface area contributed by atoms with Gasteiger partial charge < -0.3 is 15.2 Å². The number of hydrogen-bond donors (Lipinski definition) is 2. The first-order valence-electron chi connectivity index (χ1n) is 11.5. The first-order chi connectivity index (χ1) is 16.8. The molecule has 0 saturated heterocycles. The highest BCUT2D eigenvalue weighted by Crippen LogP contribution is 2.29. The molecule has 2 N–H and O–H groups in total. The van der Waals surface area contributed by atoms with E-state index in [1.165, 1.54) is 35.6 Å². The van der Waals surface area contributed by atoms with Crippen molar-refractivity contribution in [2.45, 2.75) is 44.6 Å². The van der Waals surface area contributed by atoms with Gasteiger partial charge in [-0.2, -0.15) is 0 Å². The number of ether oxygens (including phenoxy) is 1. The van der Waals surface area contributed by atoms with Gasteiger partial charge in [-0.15, -0.1) is 11.3 Å². The van der Waals surface area contributed by atoms with E-state index in [-0.39, 0.29) is 48.1 Å². The number of carbonyl (C=O) groups is 3. The molecule has 1 fully saturated rings. The van der Waals surface area contributed by atoms with E-state index in [1.54, 1.807) is 18.2 Å². The maximum atomic E-state index is 14.5. The Morgan fingerprint density at radius 1 is 1.03 bits per heavy atom. The van der Waals surface area contributed by atoms with Crippen LogP contribution in [-0.2, 0) is 4.79 Å². The molecule has 0 unspecified atom stereocenters. The van der Waals surface area contributed by atoms with Crippen LogP contribution in [0.25, 0.3) is 10.1 Å². The number of hydrogen-bond acceptors (Lipinski definition) is 5. The highest BCUT2D eigenvalue weighted by Gasteiger charge is 2.27. The lowest BCUT2D eigenvalue weighted by molar-refractivity contribution is -0.143. The summed E-state index contributed by atoms with van der Waals surface area (Å²) in [7, 11) is 0. The zero-order valence-corrected chi connectivity index (χ0v) is 19.7. The van der Waals surface area contributed by atoms with E-state index in [9.17, 15) is 23.2 Å². The molecule has 6 nitrogen and oxygen atoms in total. The smallest absolute Gasteiger partial charge is 0.306 e. The maximum Gasteiger partial charge on any atom is 0.306 e. The Morgan fingerprint density at radius 2 is 1.80 bits per heavy atom. The Morgan fingerprint density at radius 3 is 2.49 bits per heavy atom. The van der Waals surface area contributed by atoms with E-state index < -0.39 is 11.8 Å². The fourth-order valence-electron chi connectivity index (χ4n) is 4.23. The number of rotatable bonds is 9. The van der Waals surface area contributed by atoms with Crippen LogP contribution in [-0.4, -0.2) is 35.4 Å². The molecule has 0 bridgehead atoms. The number of amides is 1. The predicted molar refractivity (Wildman–Crippen MR) is 128 cm³/mol. The van der Waals surface area contributed by atoms with Gasteiger partial charge in [-0.1, -0.05) is 6.07 Å². The Labute approximate surface area is 204 Å². The summed E-state index contributed by atoms with van der Waals surface area (Å²) in [6.45, 7) is 0.225. The highest BCUT2D eigenvalue weighted by molar-refractivity contribution is 7.20. The Balaban J connectivity index is 1.24. The zero-order chi connectivity index (χ0) is 24.9. The lowest BCUT2D eigenvalue weighted by atomic mass is 9.87. The van der Waals surface area contributed by atoms with Crippen LogP contribution in [0.3, 0.4) is 0 Å². The number of carbonyl (C=O) groups excluding carboxylic acids is 2. The average molecular weight is 502 g/mol. The first-order valence-corrected chi connectivity index (χ1v) is 12.3. The third-order valence-corrected chi connectivity index (χ3v) is 7.26. The Bertz CT molecular complexity index is 1250. The van der Waals surface area contributed by atoms with Gasteiger partial charge in [0.15, 0.2) is 5.78 Å². The lowest BCUT2D eigenvalue weighted by Gasteiger charge is -2.26. The van der Waals surface area contributed by atoms with E-state index >= 15 is 0 Å². The average Bonchev–Trinajstić information content (AvgIpc) is 3.28. The molecule has 0 spiro atoms. The van der Waals surface area contributed by atoms with E-state index in [4.69, 9.17) is 9.84 Å². The fourth-order valence-corrected chi connectivity index (χ4v) is 5.22. The van der Waals surface area contributed by atoms with Crippen molar-refractivity contribution in [1.82, 2.24) is 5.32 Å². The molecule has 4 rings (SSSR count). The molecule has 35 heavy (non-hydrogen) atoms. The van der Waals surface area contributed by atoms with Crippen molar-refractivity contribution in [2.75, 3.05) is 6.54 Å². The summed E-state index contributed by atoms with van der Waals surface area (Å²) in [5.74, 6) is -2.63. The molecule has 9 heteroatoms. The molecule has 3 aromatic rings. The van der Waals surface area contributed by atoms with Crippen LogP contribution in [0.5, 0.6) is 5.75 Å². The topological polar surface area (TPSA) is 92.7 Å².